The Morgan fingerprint density at radius 3 is 0.971 bits per heavy atom. The second kappa shape index (κ2) is 56.7. The number of allylic oxidation sites excluding steroid dienone is 18. The molecule has 0 fully saturated rings. The molecule has 6 heteroatoms. The van der Waals surface area contributed by atoms with Crippen molar-refractivity contribution in [3.63, 3.8) is 0 Å². The fraction of sp³-hybridized carbons (Fsp3) is 0.667. The molecule has 0 aromatic carbocycles. The summed E-state index contributed by atoms with van der Waals surface area (Å²) in [5.74, 6) is -0.996. The van der Waals surface area contributed by atoms with Crippen molar-refractivity contribution in [2.45, 2.75) is 258 Å². The minimum absolute atomic E-state index is 0.110. The van der Waals surface area contributed by atoms with Crippen LogP contribution in [-0.2, 0) is 28.6 Å². The van der Waals surface area contributed by atoms with E-state index in [9.17, 15) is 14.4 Å². The van der Waals surface area contributed by atoms with E-state index in [2.05, 4.69) is 130 Å². The molecule has 1 atom stereocenters. The maximum atomic E-state index is 12.8. The number of unbranched alkanes of at least 4 members (excludes halogenated alkanes) is 21. The highest BCUT2D eigenvalue weighted by Crippen LogP contribution is 2.13. The van der Waals surface area contributed by atoms with Gasteiger partial charge in [0, 0.05) is 19.3 Å². The van der Waals surface area contributed by atoms with Crippen LogP contribution in [-0.4, -0.2) is 37.2 Å². The normalized spacial score (nSPS) is 12.9. The largest absolute Gasteiger partial charge is 0.462 e. The smallest absolute Gasteiger partial charge is 0.306 e. The van der Waals surface area contributed by atoms with Gasteiger partial charge in [-0.3, -0.25) is 14.4 Å². The molecule has 0 amide bonds. The predicted molar refractivity (Wildman–Crippen MR) is 297 cm³/mol. The van der Waals surface area contributed by atoms with Gasteiger partial charge in [0.15, 0.2) is 6.10 Å². The topological polar surface area (TPSA) is 78.9 Å². The Morgan fingerprint density at radius 1 is 0.304 bits per heavy atom. The van der Waals surface area contributed by atoms with Crippen LogP contribution in [0.4, 0.5) is 0 Å². The van der Waals surface area contributed by atoms with Crippen LogP contribution in [0.25, 0.3) is 0 Å². The first-order valence-corrected chi connectivity index (χ1v) is 28.4. The first-order chi connectivity index (χ1) is 34.0. The molecule has 392 valence electrons. The summed E-state index contributed by atoms with van der Waals surface area (Å²) in [6, 6.07) is 0. The van der Waals surface area contributed by atoms with Gasteiger partial charge in [0.1, 0.15) is 13.2 Å². The van der Waals surface area contributed by atoms with Crippen molar-refractivity contribution in [1.82, 2.24) is 0 Å². The Hall–Kier alpha value is -3.93. The molecule has 0 rings (SSSR count). The molecule has 0 aromatic rings. The number of carbonyl (C=O) groups is 3. The molecule has 0 aliphatic heterocycles. The van der Waals surface area contributed by atoms with Gasteiger partial charge in [-0.1, -0.05) is 220 Å². The van der Waals surface area contributed by atoms with Crippen molar-refractivity contribution < 1.29 is 28.6 Å². The van der Waals surface area contributed by atoms with Gasteiger partial charge in [0.25, 0.3) is 0 Å². The molecule has 0 saturated carbocycles. The zero-order valence-electron chi connectivity index (χ0n) is 44.8. The van der Waals surface area contributed by atoms with Gasteiger partial charge in [-0.2, -0.15) is 0 Å². The second-order valence-electron chi connectivity index (χ2n) is 18.5. The summed E-state index contributed by atoms with van der Waals surface area (Å²) in [4.78, 5) is 38.1. The number of ether oxygens (including phenoxy) is 3. The third kappa shape index (κ3) is 54.9. The molecule has 0 unspecified atom stereocenters. The molecular formula is C63H104O6. The summed E-state index contributed by atoms with van der Waals surface area (Å²) in [7, 11) is 0. The van der Waals surface area contributed by atoms with E-state index >= 15 is 0 Å². The van der Waals surface area contributed by atoms with Gasteiger partial charge in [-0.05, 0) is 122 Å². The van der Waals surface area contributed by atoms with Crippen molar-refractivity contribution >= 4 is 17.9 Å². The number of esters is 3. The van der Waals surface area contributed by atoms with Crippen LogP contribution in [0.3, 0.4) is 0 Å². The van der Waals surface area contributed by atoms with E-state index in [4.69, 9.17) is 14.2 Å². The van der Waals surface area contributed by atoms with E-state index < -0.39 is 6.10 Å². The zero-order chi connectivity index (χ0) is 50.0. The van der Waals surface area contributed by atoms with Crippen LogP contribution >= 0.6 is 0 Å². The molecule has 0 radical (unpaired) electrons. The van der Waals surface area contributed by atoms with Crippen LogP contribution in [0, 0.1) is 0 Å². The zero-order valence-corrected chi connectivity index (χ0v) is 44.8. The lowest BCUT2D eigenvalue weighted by molar-refractivity contribution is -0.167. The average molecular weight is 958 g/mol. The van der Waals surface area contributed by atoms with Crippen LogP contribution in [0.1, 0.15) is 252 Å². The second-order valence-corrected chi connectivity index (χ2v) is 18.5. The van der Waals surface area contributed by atoms with E-state index in [1.165, 1.54) is 96.3 Å². The maximum absolute atomic E-state index is 12.8. The molecule has 69 heavy (non-hydrogen) atoms. The lowest BCUT2D eigenvalue weighted by Gasteiger charge is -2.18. The van der Waals surface area contributed by atoms with E-state index in [0.717, 1.165) is 109 Å². The highest BCUT2D eigenvalue weighted by atomic mass is 16.6. The summed E-state index contributed by atoms with van der Waals surface area (Å²) in [5.41, 5.74) is 0. The first kappa shape index (κ1) is 65.1. The van der Waals surface area contributed by atoms with Gasteiger partial charge in [-0.25, -0.2) is 0 Å². The van der Waals surface area contributed by atoms with Crippen LogP contribution in [0.15, 0.2) is 109 Å². The number of carbonyl (C=O) groups excluding carboxylic acids is 3. The lowest BCUT2D eigenvalue weighted by Crippen LogP contribution is -2.30. The molecule has 0 aliphatic carbocycles. The Labute approximate surface area is 425 Å². The van der Waals surface area contributed by atoms with Gasteiger partial charge in [0.05, 0.1) is 0 Å². The van der Waals surface area contributed by atoms with Gasteiger partial charge < -0.3 is 14.2 Å². The highest BCUT2D eigenvalue weighted by Gasteiger charge is 2.19. The minimum Gasteiger partial charge on any atom is -0.462 e. The Kier molecular flexibility index (Phi) is 53.4. The summed E-state index contributed by atoms with van der Waals surface area (Å²) in [6.45, 7) is 6.42. The maximum Gasteiger partial charge on any atom is 0.306 e. The highest BCUT2D eigenvalue weighted by molar-refractivity contribution is 5.71. The van der Waals surface area contributed by atoms with E-state index in [0.29, 0.717) is 12.8 Å². The average Bonchev–Trinajstić information content (AvgIpc) is 3.35. The molecule has 0 bridgehead atoms. The third-order valence-corrected chi connectivity index (χ3v) is 11.7. The minimum atomic E-state index is -0.817. The number of hydrogen-bond donors (Lipinski definition) is 0. The van der Waals surface area contributed by atoms with E-state index in [1.807, 2.05) is 0 Å². The van der Waals surface area contributed by atoms with Crippen molar-refractivity contribution in [3.8, 4) is 0 Å². The van der Waals surface area contributed by atoms with Gasteiger partial charge >= 0.3 is 17.9 Å². The predicted octanol–water partition coefficient (Wildman–Crippen LogP) is 19.1. The SMILES string of the molecule is CC/C=C\C/C=C\C/C=C\C/C=C\CCCCCCC(=O)O[C@@H](COC(=O)CCC/C=C\C/C=C\C/C=C\CCCCCCCC)COC(=O)CCCCCCCCC/C=C\C/C=C\CCCCC. The molecule has 0 saturated heterocycles. The monoisotopic (exact) mass is 957 g/mol. The standard InChI is InChI=1S/C63H104O6/c1-4-7-10-13-16-19-22-25-28-31-34-37-40-43-46-49-52-55-61(64)67-58-60(69-63(66)57-54-51-48-45-42-39-36-33-30-27-24-21-18-15-12-9-6-3)59-68-62(65)56-53-50-47-44-41-38-35-32-29-26-23-20-17-14-11-8-5-2/h9,12,16,18-19,21,25-30,35-36,38-39,44,47,60H,4-8,10-11,13-15,17,20,22-24,31-34,37,40-43,45-46,48-59H2,1-3H3/b12-9-,19-16-,21-18-,28-25-,29-26-,30-27-,38-35-,39-36-,47-44-/t60-/m1/s1. The van der Waals surface area contributed by atoms with Crippen molar-refractivity contribution in [2.24, 2.45) is 0 Å². The van der Waals surface area contributed by atoms with Crippen LogP contribution in [0.2, 0.25) is 0 Å². The van der Waals surface area contributed by atoms with Crippen LogP contribution < -0.4 is 0 Å². The quantitative estimate of drug-likeness (QED) is 0.0262. The first-order valence-electron chi connectivity index (χ1n) is 28.4. The van der Waals surface area contributed by atoms with Crippen molar-refractivity contribution in [3.05, 3.63) is 109 Å². The van der Waals surface area contributed by atoms with Gasteiger partial charge in [0.2, 0.25) is 0 Å². The summed E-state index contributed by atoms with van der Waals surface area (Å²) < 4.78 is 16.8. The Bertz CT molecular complexity index is 1420. The number of hydrogen-bond acceptors (Lipinski definition) is 6. The van der Waals surface area contributed by atoms with E-state index in [1.54, 1.807) is 0 Å². The third-order valence-electron chi connectivity index (χ3n) is 11.7. The fourth-order valence-electron chi connectivity index (χ4n) is 7.48. The van der Waals surface area contributed by atoms with Gasteiger partial charge in [-0.15, -0.1) is 0 Å². The molecule has 0 heterocycles. The summed E-state index contributed by atoms with van der Waals surface area (Å²) in [5, 5.41) is 0. The number of rotatable bonds is 50. The van der Waals surface area contributed by atoms with Crippen molar-refractivity contribution in [2.75, 3.05) is 13.2 Å². The molecule has 6 nitrogen and oxygen atoms in total. The van der Waals surface area contributed by atoms with Crippen molar-refractivity contribution in [1.29, 1.82) is 0 Å². The summed E-state index contributed by atoms with van der Waals surface area (Å²) in [6.07, 6.45) is 76.5. The van der Waals surface area contributed by atoms with E-state index in [-0.39, 0.29) is 44.0 Å². The molecule has 0 spiro atoms. The Balaban J connectivity index is 4.53. The lowest BCUT2D eigenvalue weighted by atomic mass is 10.1. The summed E-state index contributed by atoms with van der Waals surface area (Å²) >= 11 is 0. The molecule has 0 aliphatic rings. The Morgan fingerprint density at radius 2 is 0.580 bits per heavy atom. The molecule has 0 N–H and O–H groups in total. The van der Waals surface area contributed by atoms with Crippen LogP contribution in [0.5, 0.6) is 0 Å². The molecular weight excluding hydrogens is 853 g/mol. The molecule has 0 aromatic heterocycles. The fourth-order valence-corrected chi connectivity index (χ4v) is 7.48.